The van der Waals surface area contributed by atoms with Gasteiger partial charge < -0.3 is 62.3 Å². The second-order valence-corrected chi connectivity index (χ2v) is 8.76. The molecule has 0 unspecified atom stereocenters. The van der Waals surface area contributed by atoms with Crippen LogP contribution in [0.4, 0.5) is 0 Å². The number of hydrogen-bond donors (Lipinski definition) is 2. The van der Waals surface area contributed by atoms with Gasteiger partial charge in [-0.1, -0.05) is 0 Å². The molecule has 0 spiro atoms. The topological polar surface area (TPSA) is 162 Å². The molecule has 0 amide bonds. The van der Waals surface area contributed by atoms with Gasteiger partial charge in [0.1, 0.15) is 6.61 Å². The van der Waals surface area contributed by atoms with Crippen LogP contribution in [0.25, 0.3) is 0 Å². The summed E-state index contributed by atoms with van der Waals surface area (Å²) in [6.45, 7) is 10.6. The van der Waals surface area contributed by atoms with E-state index in [1.807, 2.05) is 0 Å². The molecule has 0 bridgehead atoms. The number of carbonyl (C=O) groups is 1. The fourth-order valence-corrected chi connectivity index (χ4v) is 3.16. The lowest BCUT2D eigenvalue weighted by Crippen LogP contribution is -2.32. The van der Waals surface area contributed by atoms with Crippen LogP contribution >= 0.6 is 0 Å². The lowest BCUT2D eigenvalue weighted by molar-refractivity contribution is -0.145. The predicted octanol–water partition coefficient (Wildman–Crippen LogP) is -0.998. The predicted molar refractivity (Wildman–Crippen MR) is 155 cm³/mol. The highest BCUT2D eigenvalue weighted by atomic mass is 16.6. The molecule has 0 rings (SSSR count). The van der Waals surface area contributed by atoms with Gasteiger partial charge in [-0.05, 0) is 0 Å². The molecule has 0 radical (unpaired) electrons. The van der Waals surface area contributed by atoms with E-state index in [-0.39, 0.29) is 38.8 Å². The molecule has 0 saturated carbocycles. The summed E-state index contributed by atoms with van der Waals surface area (Å²) in [5, 5.41) is 17.9. The first-order valence-corrected chi connectivity index (χ1v) is 15.0. The summed E-state index contributed by atoms with van der Waals surface area (Å²) in [7, 11) is 1.64. The summed E-state index contributed by atoms with van der Waals surface area (Å²) < 4.78 is 58.6. The van der Waals surface area contributed by atoms with Crippen LogP contribution < -0.4 is 0 Å². The molecule has 0 heterocycles. The number of ether oxygens (including phenoxy) is 11. The van der Waals surface area contributed by atoms with Gasteiger partial charge in [0.15, 0.2) is 0 Å². The third-order valence-electron chi connectivity index (χ3n) is 5.36. The number of carbonyl (C=O) groups excluding carboxylic acids is 1. The highest BCUT2D eigenvalue weighted by Gasteiger charge is 2.08. The molecule has 15 nitrogen and oxygen atoms in total. The Kier molecular flexibility index (Phi) is 36.2. The zero-order valence-corrected chi connectivity index (χ0v) is 26.1. The molecule has 0 aromatic carbocycles. The molecule has 15 heteroatoms. The van der Waals surface area contributed by atoms with E-state index >= 15 is 0 Å². The molecule has 0 aromatic rings. The first-order chi connectivity index (χ1) is 21.2. The van der Waals surface area contributed by atoms with Crippen LogP contribution in [0.1, 0.15) is 6.42 Å². The van der Waals surface area contributed by atoms with E-state index < -0.39 is 0 Å². The molecule has 0 saturated heterocycles. The van der Waals surface area contributed by atoms with Gasteiger partial charge in [0, 0.05) is 26.7 Å². The zero-order valence-electron chi connectivity index (χ0n) is 26.1. The molecule has 43 heavy (non-hydrogen) atoms. The number of aliphatic hydroxyl groups excluding tert-OH is 2. The SMILES string of the molecule is COCCOCCOCCOCCOCCOCCOCCOCCOCCOCCOC(=O)CCN(CCO)CCO. The monoisotopic (exact) mass is 631 g/mol. The first kappa shape index (κ1) is 42.0. The smallest absolute Gasteiger partial charge is 0.307 e. The van der Waals surface area contributed by atoms with E-state index in [0.717, 1.165) is 0 Å². The van der Waals surface area contributed by atoms with Crippen molar-refractivity contribution < 1.29 is 67.1 Å². The van der Waals surface area contributed by atoms with Crippen molar-refractivity contribution in [2.45, 2.75) is 6.42 Å². The number of hydrogen-bond acceptors (Lipinski definition) is 15. The molecular formula is C28H57NO14. The van der Waals surface area contributed by atoms with Gasteiger partial charge in [-0.3, -0.25) is 9.69 Å². The molecule has 0 atom stereocenters. The Morgan fingerprint density at radius 1 is 0.442 bits per heavy atom. The van der Waals surface area contributed by atoms with Crippen molar-refractivity contribution in [1.29, 1.82) is 0 Å². The van der Waals surface area contributed by atoms with Gasteiger partial charge in [-0.2, -0.15) is 0 Å². The summed E-state index contributed by atoms with van der Waals surface area (Å²) >= 11 is 0. The summed E-state index contributed by atoms with van der Waals surface area (Å²) in [6, 6.07) is 0. The van der Waals surface area contributed by atoms with Crippen LogP contribution in [-0.2, 0) is 56.9 Å². The molecule has 2 N–H and O–H groups in total. The fraction of sp³-hybridized carbons (Fsp3) is 0.964. The van der Waals surface area contributed by atoms with Crippen molar-refractivity contribution in [3.63, 3.8) is 0 Å². The number of methoxy groups -OCH3 is 1. The van der Waals surface area contributed by atoms with Crippen molar-refractivity contribution in [1.82, 2.24) is 4.90 Å². The van der Waals surface area contributed by atoms with Gasteiger partial charge >= 0.3 is 5.97 Å². The molecule has 0 aromatic heterocycles. The minimum Gasteiger partial charge on any atom is -0.463 e. The van der Waals surface area contributed by atoms with Crippen LogP contribution in [0.5, 0.6) is 0 Å². The average Bonchev–Trinajstić information content (AvgIpc) is 3.01. The van der Waals surface area contributed by atoms with E-state index in [2.05, 4.69) is 0 Å². The minimum atomic E-state index is -0.341. The lowest BCUT2D eigenvalue weighted by Gasteiger charge is -2.19. The van der Waals surface area contributed by atoms with Crippen LogP contribution in [0.2, 0.25) is 0 Å². The van der Waals surface area contributed by atoms with E-state index in [9.17, 15) is 4.79 Å². The van der Waals surface area contributed by atoms with Crippen molar-refractivity contribution >= 4 is 5.97 Å². The highest BCUT2D eigenvalue weighted by Crippen LogP contribution is 1.94. The minimum absolute atomic E-state index is 0.0239. The van der Waals surface area contributed by atoms with E-state index in [0.29, 0.717) is 139 Å². The van der Waals surface area contributed by atoms with Gasteiger partial charge in [0.05, 0.1) is 145 Å². The summed E-state index contributed by atoms with van der Waals surface area (Å²) in [6.07, 6.45) is 0.195. The highest BCUT2D eigenvalue weighted by molar-refractivity contribution is 5.69. The van der Waals surface area contributed by atoms with Gasteiger partial charge in [0.2, 0.25) is 0 Å². The Morgan fingerprint density at radius 2 is 0.721 bits per heavy atom. The van der Waals surface area contributed by atoms with Crippen molar-refractivity contribution in [3.8, 4) is 0 Å². The molecule has 258 valence electrons. The summed E-state index contributed by atoms with van der Waals surface area (Å²) in [4.78, 5) is 13.5. The van der Waals surface area contributed by atoms with Crippen LogP contribution in [0.3, 0.4) is 0 Å². The van der Waals surface area contributed by atoms with Gasteiger partial charge in [-0.15, -0.1) is 0 Å². The van der Waals surface area contributed by atoms with E-state index in [1.165, 1.54) is 0 Å². The standard InChI is InChI=1S/C28H57NO14/c1-33-8-9-34-10-11-35-12-13-36-14-15-37-16-17-38-18-19-39-20-21-40-22-23-41-24-25-42-26-27-43-28(32)2-3-29(4-6-30)5-7-31/h30-31H,2-27H2,1H3. The Hall–Kier alpha value is -1.05. The fourth-order valence-electron chi connectivity index (χ4n) is 3.16. The second-order valence-electron chi connectivity index (χ2n) is 8.76. The van der Waals surface area contributed by atoms with Crippen LogP contribution in [-0.4, -0.2) is 193 Å². The first-order valence-electron chi connectivity index (χ1n) is 15.0. The third kappa shape index (κ3) is 35.3. The Bertz CT molecular complexity index is 544. The maximum Gasteiger partial charge on any atom is 0.307 e. The Labute approximate surface area is 256 Å². The van der Waals surface area contributed by atoms with Crippen molar-refractivity contribution in [3.05, 3.63) is 0 Å². The lowest BCUT2D eigenvalue weighted by atomic mass is 10.3. The summed E-state index contributed by atoms with van der Waals surface area (Å²) in [5.41, 5.74) is 0. The normalized spacial score (nSPS) is 11.5. The number of rotatable bonds is 37. The molecule has 0 aliphatic carbocycles. The zero-order chi connectivity index (χ0) is 31.3. The number of aliphatic hydroxyl groups is 2. The molecule has 0 aliphatic rings. The van der Waals surface area contributed by atoms with Crippen molar-refractivity contribution in [2.75, 3.05) is 172 Å². The van der Waals surface area contributed by atoms with Crippen LogP contribution in [0, 0.1) is 0 Å². The quantitative estimate of drug-likeness (QED) is 0.0634. The van der Waals surface area contributed by atoms with E-state index in [1.54, 1.807) is 12.0 Å². The van der Waals surface area contributed by atoms with Gasteiger partial charge in [0.25, 0.3) is 0 Å². The van der Waals surface area contributed by atoms with E-state index in [4.69, 9.17) is 62.3 Å². The number of nitrogens with zero attached hydrogens (tertiary/aromatic N) is 1. The molecular weight excluding hydrogens is 574 g/mol. The van der Waals surface area contributed by atoms with Crippen molar-refractivity contribution in [2.24, 2.45) is 0 Å². The maximum atomic E-state index is 11.7. The number of esters is 1. The average molecular weight is 632 g/mol. The van der Waals surface area contributed by atoms with Gasteiger partial charge in [-0.25, -0.2) is 0 Å². The summed E-state index contributed by atoms with van der Waals surface area (Å²) in [5.74, 6) is -0.341. The largest absolute Gasteiger partial charge is 0.463 e. The Morgan fingerprint density at radius 3 is 1.00 bits per heavy atom. The molecule has 0 aliphatic heterocycles. The molecule has 0 fully saturated rings. The maximum absolute atomic E-state index is 11.7. The second kappa shape index (κ2) is 37.1. The third-order valence-corrected chi connectivity index (χ3v) is 5.36. The Balaban J connectivity index is 3.16. The van der Waals surface area contributed by atoms with Crippen LogP contribution in [0.15, 0.2) is 0 Å².